The van der Waals surface area contributed by atoms with E-state index in [2.05, 4.69) is 0 Å². The Morgan fingerprint density at radius 2 is 1.79 bits per heavy atom. The van der Waals surface area contributed by atoms with Gasteiger partial charge in [-0.1, -0.05) is 36.4 Å². The summed E-state index contributed by atoms with van der Waals surface area (Å²) in [6, 6.07) is 14.0. The first kappa shape index (κ1) is 18.2. The molecule has 0 radical (unpaired) electrons. The molecular weight excluding hydrogens is 326 g/mol. The van der Waals surface area contributed by atoms with Crippen LogP contribution in [-0.2, 0) is 27.8 Å². The zero-order chi connectivity index (χ0) is 17.7. The van der Waals surface area contributed by atoms with Crippen LogP contribution in [-0.4, -0.2) is 30.8 Å². The summed E-state index contributed by atoms with van der Waals surface area (Å²) in [5, 5.41) is 8.79. The minimum absolute atomic E-state index is 0.0562. The topological polar surface area (TPSA) is 74.7 Å². The van der Waals surface area contributed by atoms with E-state index < -0.39 is 16.0 Å². The predicted octanol–water partition coefficient (Wildman–Crippen LogP) is 2.83. The molecule has 0 aliphatic rings. The minimum atomic E-state index is -3.55. The van der Waals surface area contributed by atoms with Gasteiger partial charge in [0.15, 0.2) is 0 Å². The average molecular weight is 347 g/mol. The minimum Gasteiger partial charge on any atom is -0.481 e. The molecule has 0 saturated heterocycles. The molecule has 0 bridgehead atoms. The molecule has 2 aromatic rings. The van der Waals surface area contributed by atoms with Crippen LogP contribution < -0.4 is 0 Å². The van der Waals surface area contributed by atoms with Crippen LogP contribution in [0.15, 0.2) is 53.4 Å². The van der Waals surface area contributed by atoms with Crippen LogP contribution in [0.5, 0.6) is 0 Å². The highest BCUT2D eigenvalue weighted by atomic mass is 32.2. The quantitative estimate of drug-likeness (QED) is 0.836. The average Bonchev–Trinajstić information content (AvgIpc) is 2.56. The number of carbonyl (C=O) groups is 1. The molecule has 0 fully saturated rings. The van der Waals surface area contributed by atoms with Crippen molar-refractivity contribution >= 4 is 16.0 Å². The van der Waals surface area contributed by atoms with E-state index in [4.69, 9.17) is 5.11 Å². The van der Waals surface area contributed by atoms with Gasteiger partial charge in [-0.25, -0.2) is 8.42 Å². The normalized spacial score (nSPS) is 11.6. The highest BCUT2D eigenvalue weighted by molar-refractivity contribution is 7.89. The fraction of sp³-hybridized carbons (Fsp3) is 0.278. The second-order valence-corrected chi connectivity index (χ2v) is 7.77. The number of carboxylic acid groups (broad SMARTS) is 1. The lowest BCUT2D eigenvalue weighted by Crippen LogP contribution is -2.26. The number of sulfonamides is 1. The van der Waals surface area contributed by atoms with E-state index in [0.717, 1.165) is 16.7 Å². The number of aliphatic carboxylic acids is 1. The Kier molecular flexibility index (Phi) is 5.75. The molecule has 2 rings (SSSR count). The van der Waals surface area contributed by atoms with Crippen molar-refractivity contribution in [2.24, 2.45) is 0 Å². The van der Waals surface area contributed by atoms with Gasteiger partial charge in [-0.05, 0) is 42.2 Å². The van der Waals surface area contributed by atoms with Crippen molar-refractivity contribution in [3.63, 3.8) is 0 Å². The monoisotopic (exact) mass is 347 g/mol. The maximum absolute atomic E-state index is 12.6. The van der Waals surface area contributed by atoms with Gasteiger partial charge in [0, 0.05) is 20.0 Å². The molecular formula is C18H21NO4S. The van der Waals surface area contributed by atoms with Crippen molar-refractivity contribution in [3.8, 4) is 0 Å². The van der Waals surface area contributed by atoms with Crippen LogP contribution in [0.3, 0.4) is 0 Å². The van der Waals surface area contributed by atoms with E-state index in [-0.39, 0.29) is 17.9 Å². The van der Waals surface area contributed by atoms with Crippen LogP contribution in [0.25, 0.3) is 0 Å². The lowest BCUT2D eigenvalue weighted by molar-refractivity contribution is -0.136. The molecule has 0 aliphatic heterocycles. The summed E-state index contributed by atoms with van der Waals surface area (Å²) in [5.74, 6) is -0.846. The van der Waals surface area contributed by atoms with Gasteiger partial charge in [-0.2, -0.15) is 4.31 Å². The molecule has 6 heteroatoms. The van der Waals surface area contributed by atoms with Crippen LogP contribution in [0.2, 0.25) is 0 Å². The standard InChI is InChI=1S/C18H21NO4S/c1-14-8-9-15(10-11-18(20)21)12-16(14)13-19(2)24(22,23)17-6-4-3-5-7-17/h3-9,12H,10-11,13H2,1-2H3,(H,20,21). The molecule has 0 atom stereocenters. The SMILES string of the molecule is Cc1ccc(CCC(=O)O)cc1CN(C)S(=O)(=O)c1ccccc1. The molecule has 24 heavy (non-hydrogen) atoms. The van der Waals surface area contributed by atoms with E-state index in [1.54, 1.807) is 37.4 Å². The van der Waals surface area contributed by atoms with Gasteiger partial charge < -0.3 is 5.11 Å². The number of nitrogens with zero attached hydrogens (tertiary/aromatic N) is 1. The summed E-state index contributed by atoms with van der Waals surface area (Å²) >= 11 is 0. The number of hydrogen-bond acceptors (Lipinski definition) is 3. The van der Waals surface area contributed by atoms with Gasteiger partial charge in [0.1, 0.15) is 0 Å². The maximum atomic E-state index is 12.6. The van der Waals surface area contributed by atoms with Crippen LogP contribution in [0.4, 0.5) is 0 Å². The zero-order valence-corrected chi connectivity index (χ0v) is 14.6. The highest BCUT2D eigenvalue weighted by Gasteiger charge is 2.21. The van der Waals surface area contributed by atoms with Gasteiger partial charge in [-0.15, -0.1) is 0 Å². The molecule has 0 aliphatic carbocycles. The van der Waals surface area contributed by atoms with Crippen molar-refractivity contribution in [2.45, 2.75) is 31.2 Å². The number of benzene rings is 2. The van der Waals surface area contributed by atoms with Crippen LogP contribution in [0, 0.1) is 6.92 Å². The van der Waals surface area contributed by atoms with E-state index in [0.29, 0.717) is 6.42 Å². The van der Waals surface area contributed by atoms with Gasteiger partial charge >= 0.3 is 5.97 Å². The molecule has 0 saturated carbocycles. The number of hydrogen-bond donors (Lipinski definition) is 1. The van der Waals surface area contributed by atoms with E-state index in [1.807, 2.05) is 25.1 Å². The smallest absolute Gasteiger partial charge is 0.303 e. The van der Waals surface area contributed by atoms with Gasteiger partial charge in [0.2, 0.25) is 10.0 Å². The molecule has 0 aromatic heterocycles. The fourth-order valence-electron chi connectivity index (χ4n) is 2.40. The van der Waals surface area contributed by atoms with E-state index in [1.165, 1.54) is 4.31 Å². The third-order valence-electron chi connectivity index (χ3n) is 3.89. The molecule has 0 heterocycles. The summed E-state index contributed by atoms with van der Waals surface area (Å²) < 4.78 is 26.5. The van der Waals surface area contributed by atoms with Crippen LogP contribution >= 0.6 is 0 Å². The molecule has 2 aromatic carbocycles. The van der Waals surface area contributed by atoms with Crippen LogP contribution in [0.1, 0.15) is 23.1 Å². The van der Waals surface area contributed by atoms with E-state index in [9.17, 15) is 13.2 Å². The predicted molar refractivity (Wildman–Crippen MR) is 92.2 cm³/mol. The Morgan fingerprint density at radius 3 is 2.42 bits per heavy atom. The van der Waals surface area contributed by atoms with Gasteiger partial charge in [-0.3, -0.25) is 4.79 Å². The first-order valence-electron chi connectivity index (χ1n) is 7.62. The Balaban J connectivity index is 2.20. The maximum Gasteiger partial charge on any atom is 0.303 e. The highest BCUT2D eigenvalue weighted by Crippen LogP contribution is 2.19. The zero-order valence-electron chi connectivity index (χ0n) is 13.8. The summed E-state index contributed by atoms with van der Waals surface area (Å²) in [7, 11) is -2.01. The summed E-state index contributed by atoms with van der Waals surface area (Å²) in [4.78, 5) is 11.0. The summed E-state index contributed by atoms with van der Waals surface area (Å²) in [5.41, 5.74) is 2.74. The lowest BCUT2D eigenvalue weighted by Gasteiger charge is -2.19. The molecule has 5 nitrogen and oxygen atoms in total. The largest absolute Gasteiger partial charge is 0.481 e. The molecule has 1 N–H and O–H groups in total. The third kappa shape index (κ3) is 4.43. The van der Waals surface area contributed by atoms with Crippen molar-refractivity contribution < 1.29 is 18.3 Å². The van der Waals surface area contributed by atoms with E-state index >= 15 is 0 Å². The Bertz CT molecular complexity index is 816. The Morgan fingerprint density at radius 1 is 1.12 bits per heavy atom. The second kappa shape index (κ2) is 7.59. The molecule has 0 spiro atoms. The van der Waals surface area contributed by atoms with Gasteiger partial charge in [0.05, 0.1) is 4.90 Å². The number of aryl methyl sites for hydroxylation is 2. The first-order chi connectivity index (χ1) is 11.3. The van der Waals surface area contributed by atoms with Crippen molar-refractivity contribution in [1.29, 1.82) is 0 Å². The van der Waals surface area contributed by atoms with Crippen molar-refractivity contribution in [1.82, 2.24) is 4.31 Å². The molecule has 0 amide bonds. The van der Waals surface area contributed by atoms with Crippen molar-refractivity contribution in [3.05, 3.63) is 65.2 Å². The van der Waals surface area contributed by atoms with Gasteiger partial charge in [0.25, 0.3) is 0 Å². The Labute approximate surface area is 142 Å². The number of carboxylic acids is 1. The Hall–Kier alpha value is -2.18. The fourth-order valence-corrected chi connectivity index (χ4v) is 3.57. The molecule has 0 unspecified atom stereocenters. The summed E-state index contributed by atoms with van der Waals surface area (Å²) in [6.07, 6.45) is 0.485. The number of rotatable bonds is 7. The first-order valence-corrected chi connectivity index (χ1v) is 9.06. The lowest BCUT2D eigenvalue weighted by atomic mass is 10.0. The third-order valence-corrected chi connectivity index (χ3v) is 5.70. The van der Waals surface area contributed by atoms with Crippen molar-refractivity contribution in [2.75, 3.05) is 7.05 Å². The second-order valence-electron chi connectivity index (χ2n) is 5.73. The summed E-state index contributed by atoms with van der Waals surface area (Å²) in [6.45, 7) is 2.16. The molecule has 128 valence electrons.